The van der Waals surface area contributed by atoms with E-state index in [1.807, 2.05) is 24.3 Å². The van der Waals surface area contributed by atoms with Gasteiger partial charge >= 0.3 is 0 Å². The number of sulfonamides is 1. The van der Waals surface area contributed by atoms with Crippen molar-refractivity contribution in [3.05, 3.63) is 52.0 Å². The van der Waals surface area contributed by atoms with Crippen LogP contribution in [0.1, 0.15) is 11.1 Å². The normalized spacial score (nSPS) is 14.0. The molecule has 0 aromatic heterocycles. The van der Waals surface area contributed by atoms with Crippen molar-refractivity contribution in [1.82, 2.24) is 0 Å². The number of aliphatic imine (C=N–C) groups is 1. The summed E-state index contributed by atoms with van der Waals surface area (Å²) in [5.41, 5.74) is 8.40. The number of nitrogens with zero attached hydrogens (tertiary/aromatic N) is 3. The average Bonchev–Trinajstić information content (AvgIpc) is 3.07. The molecule has 3 rings (SSSR count). The molecule has 2 aromatic rings. The summed E-state index contributed by atoms with van der Waals surface area (Å²) in [6, 6.07) is 10.9. The Hall–Kier alpha value is -1.94. The van der Waals surface area contributed by atoms with Gasteiger partial charge in [0.05, 0.1) is 0 Å². The zero-order valence-electron chi connectivity index (χ0n) is 12.5. The molecule has 9 heteroatoms. The van der Waals surface area contributed by atoms with Crippen LogP contribution in [-0.2, 0) is 16.6 Å². The molecular weight excluding hydrogens is 394 g/mol. The minimum absolute atomic E-state index is 0.0532. The van der Waals surface area contributed by atoms with E-state index in [-0.39, 0.29) is 17.4 Å². The molecule has 4 N–H and O–H groups in total. The number of primary sulfonamides is 1. The molecule has 1 aliphatic heterocycles. The molecule has 7 nitrogen and oxygen atoms in total. The Bertz CT molecular complexity index is 953. The van der Waals surface area contributed by atoms with Crippen LogP contribution in [-0.4, -0.2) is 20.9 Å². The lowest BCUT2D eigenvalue weighted by molar-refractivity contribution is 0.597. The fraction of sp³-hybridized carbons (Fsp3) is 0.133. The molecule has 0 fully saturated rings. The summed E-state index contributed by atoms with van der Waals surface area (Å²) < 4.78 is 24.6. The highest BCUT2D eigenvalue weighted by atomic mass is 79.9. The highest BCUT2D eigenvalue weighted by Crippen LogP contribution is 2.35. The van der Waals surface area contributed by atoms with E-state index < -0.39 is 10.0 Å². The first-order chi connectivity index (χ1) is 11.4. The fourth-order valence-corrected chi connectivity index (χ4v) is 4.31. The first kappa shape index (κ1) is 16.9. The molecule has 0 spiro atoms. The van der Waals surface area contributed by atoms with Crippen LogP contribution in [0.25, 0.3) is 11.1 Å². The molecule has 0 saturated carbocycles. The van der Waals surface area contributed by atoms with Crippen LogP contribution >= 0.6 is 15.9 Å². The quantitative estimate of drug-likeness (QED) is 0.807. The summed E-state index contributed by atoms with van der Waals surface area (Å²) in [6.07, 6.45) is 0. The topological polar surface area (TPSA) is 123 Å². The lowest BCUT2D eigenvalue weighted by Crippen LogP contribution is -2.18. The molecule has 1 heterocycles. The maximum Gasteiger partial charge on any atom is 0.239 e. The van der Waals surface area contributed by atoms with Crippen molar-refractivity contribution < 1.29 is 8.42 Å². The van der Waals surface area contributed by atoms with E-state index in [1.165, 1.54) is 0 Å². The molecule has 124 valence electrons. The van der Waals surface area contributed by atoms with E-state index >= 15 is 0 Å². The Balaban J connectivity index is 2.31. The largest absolute Gasteiger partial charge is 0.326 e. The second-order valence-electron chi connectivity index (χ2n) is 5.11. The predicted molar refractivity (Wildman–Crippen MR) is 95.1 cm³/mol. The lowest BCUT2D eigenvalue weighted by atomic mass is 9.98. The molecule has 0 atom stereocenters. The summed E-state index contributed by atoms with van der Waals surface area (Å²) >= 11 is 3.26. The first-order valence-electron chi connectivity index (χ1n) is 6.99. The minimum atomic E-state index is -3.99. The second kappa shape index (κ2) is 6.52. The van der Waals surface area contributed by atoms with Gasteiger partial charge in [-0.05, 0) is 38.7 Å². The van der Waals surface area contributed by atoms with E-state index in [0.29, 0.717) is 22.1 Å². The third-order valence-corrected chi connectivity index (χ3v) is 5.48. The third-order valence-electron chi connectivity index (χ3n) is 3.57. The number of nitrogens with two attached hydrogens (primary N) is 2. The zero-order chi connectivity index (χ0) is 17.3. The molecule has 0 unspecified atom stereocenters. The van der Waals surface area contributed by atoms with Gasteiger partial charge in [0, 0.05) is 16.6 Å². The van der Waals surface area contributed by atoms with Crippen LogP contribution in [0.3, 0.4) is 0 Å². The summed E-state index contributed by atoms with van der Waals surface area (Å²) in [5, 5.41) is 13.2. The standard InChI is InChI=1S/C15H14BrN5O2S/c16-12-6-5-11(10-3-1-9(7-17)2-4-10)13(14(12)24(18,22)23)15-19-8-20-21-15/h1-6H,7-8,17H2,(H2,18,22,23). The highest BCUT2D eigenvalue weighted by Gasteiger charge is 2.26. The number of azo groups is 1. The zero-order valence-corrected chi connectivity index (χ0v) is 14.9. The molecule has 24 heavy (non-hydrogen) atoms. The van der Waals surface area contributed by atoms with Crippen molar-refractivity contribution in [2.24, 2.45) is 26.1 Å². The number of benzene rings is 2. The SMILES string of the molecule is NCc1ccc(-c2ccc(Br)c(S(N)(=O)=O)c2C2=NCN=N2)cc1. The molecule has 1 aliphatic rings. The van der Waals surface area contributed by atoms with Crippen molar-refractivity contribution >= 4 is 31.8 Å². The first-order valence-corrected chi connectivity index (χ1v) is 9.32. The lowest BCUT2D eigenvalue weighted by Gasteiger charge is -2.14. The Kier molecular flexibility index (Phi) is 4.59. The Morgan fingerprint density at radius 1 is 1.12 bits per heavy atom. The van der Waals surface area contributed by atoms with Gasteiger partial charge in [-0.15, -0.1) is 5.11 Å². The van der Waals surface area contributed by atoms with Gasteiger partial charge in [-0.3, -0.25) is 0 Å². The predicted octanol–water partition coefficient (Wildman–Crippen LogP) is 2.39. The smallest absolute Gasteiger partial charge is 0.239 e. The van der Waals surface area contributed by atoms with Crippen LogP contribution < -0.4 is 10.9 Å². The summed E-state index contributed by atoms with van der Waals surface area (Å²) in [5.74, 6) is 0.248. The van der Waals surface area contributed by atoms with Gasteiger partial charge in [-0.25, -0.2) is 18.5 Å². The van der Waals surface area contributed by atoms with Crippen molar-refractivity contribution in [2.45, 2.75) is 11.4 Å². The number of rotatable bonds is 4. The van der Waals surface area contributed by atoms with Gasteiger partial charge in [-0.1, -0.05) is 30.3 Å². The van der Waals surface area contributed by atoms with E-state index in [4.69, 9.17) is 10.9 Å². The summed E-state index contributed by atoms with van der Waals surface area (Å²) in [4.78, 5) is 4.11. The van der Waals surface area contributed by atoms with Gasteiger partial charge in [0.25, 0.3) is 0 Å². The van der Waals surface area contributed by atoms with Crippen molar-refractivity contribution in [1.29, 1.82) is 0 Å². The van der Waals surface area contributed by atoms with Crippen molar-refractivity contribution in [3.8, 4) is 11.1 Å². The Morgan fingerprint density at radius 2 is 1.83 bits per heavy atom. The van der Waals surface area contributed by atoms with Crippen molar-refractivity contribution in [3.63, 3.8) is 0 Å². The molecule has 0 saturated heterocycles. The van der Waals surface area contributed by atoms with Gasteiger partial charge in [0.15, 0.2) is 12.5 Å². The van der Waals surface area contributed by atoms with Crippen LogP contribution in [0.5, 0.6) is 0 Å². The van der Waals surface area contributed by atoms with E-state index in [9.17, 15) is 8.42 Å². The number of amidine groups is 1. The molecule has 2 aromatic carbocycles. The monoisotopic (exact) mass is 407 g/mol. The number of hydrogen-bond acceptors (Lipinski definition) is 6. The van der Waals surface area contributed by atoms with Gasteiger partial charge in [-0.2, -0.15) is 5.11 Å². The third kappa shape index (κ3) is 3.16. The van der Waals surface area contributed by atoms with Crippen LogP contribution in [0.2, 0.25) is 0 Å². The van der Waals surface area contributed by atoms with Crippen LogP contribution in [0, 0.1) is 0 Å². The maximum atomic E-state index is 12.1. The van der Waals surface area contributed by atoms with Crippen LogP contribution in [0.15, 0.2) is 61.0 Å². The molecular formula is C15H14BrN5O2S. The van der Waals surface area contributed by atoms with Crippen molar-refractivity contribution in [2.75, 3.05) is 6.67 Å². The number of hydrogen-bond donors (Lipinski definition) is 2. The molecule has 0 amide bonds. The molecule has 0 radical (unpaired) electrons. The average molecular weight is 408 g/mol. The van der Waals surface area contributed by atoms with Crippen LogP contribution in [0.4, 0.5) is 0 Å². The van der Waals surface area contributed by atoms with Gasteiger partial charge < -0.3 is 5.73 Å². The Labute approximate surface area is 147 Å². The van der Waals surface area contributed by atoms with E-state index in [2.05, 4.69) is 31.2 Å². The minimum Gasteiger partial charge on any atom is -0.326 e. The Morgan fingerprint density at radius 3 is 2.38 bits per heavy atom. The fourth-order valence-electron chi connectivity index (χ4n) is 2.48. The van der Waals surface area contributed by atoms with E-state index in [0.717, 1.165) is 11.1 Å². The second-order valence-corrected chi connectivity index (χ2v) is 7.46. The summed E-state index contributed by atoms with van der Waals surface area (Å²) in [7, 11) is -3.99. The van der Waals surface area contributed by atoms with E-state index in [1.54, 1.807) is 12.1 Å². The van der Waals surface area contributed by atoms with Gasteiger partial charge in [0.2, 0.25) is 10.0 Å². The maximum absolute atomic E-state index is 12.1. The molecule has 0 aliphatic carbocycles. The van der Waals surface area contributed by atoms with Gasteiger partial charge in [0.1, 0.15) is 4.90 Å². The molecule has 0 bridgehead atoms. The number of halogens is 1. The highest BCUT2D eigenvalue weighted by molar-refractivity contribution is 9.10. The summed E-state index contributed by atoms with van der Waals surface area (Å²) in [6.45, 7) is 0.592.